The van der Waals surface area contributed by atoms with Crippen LogP contribution in [0.1, 0.15) is 32.6 Å². The molecule has 4 heteroatoms. The van der Waals surface area contributed by atoms with Crippen molar-refractivity contribution in [1.82, 2.24) is 5.32 Å². The third-order valence-electron chi connectivity index (χ3n) is 2.93. The second-order valence-corrected chi connectivity index (χ2v) is 4.13. The van der Waals surface area contributed by atoms with Crippen LogP contribution in [0.25, 0.3) is 0 Å². The Labute approximate surface area is 91.5 Å². The van der Waals surface area contributed by atoms with Crippen LogP contribution in [0.5, 0.6) is 0 Å². The van der Waals surface area contributed by atoms with E-state index in [2.05, 4.69) is 5.32 Å². The molecule has 0 radical (unpaired) electrons. The number of carbonyl (C=O) groups excluding carboxylic acids is 1. The van der Waals surface area contributed by atoms with Gasteiger partial charge in [-0.25, -0.2) is 0 Å². The molecule has 1 heterocycles. The lowest BCUT2D eigenvalue weighted by atomic mass is 9.91. The molecule has 1 saturated heterocycles. The van der Waals surface area contributed by atoms with Gasteiger partial charge < -0.3 is 15.8 Å². The van der Waals surface area contributed by atoms with Gasteiger partial charge in [0.15, 0.2) is 0 Å². The molecule has 0 bridgehead atoms. The normalized spacial score (nSPS) is 19.9. The fraction of sp³-hybridized carbons (Fsp3) is 0.909. The summed E-state index contributed by atoms with van der Waals surface area (Å²) in [6, 6.07) is -0.431. The number of rotatable bonds is 5. The minimum absolute atomic E-state index is 0.258. The van der Waals surface area contributed by atoms with E-state index < -0.39 is 6.04 Å². The van der Waals surface area contributed by atoms with Crippen molar-refractivity contribution in [3.05, 3.63) is 0 Å². The Hall–Kier alpha value is -0.610. The SMILES string of the molecule is CCOC(=O)C(N)CCC1CCNCC1. The first-order chi connectivity index (χ1) is 7.24. The van der Waals surface area contributed by atoms with Crippen LogP contribution in [0.15, 0.2) is 0 Å². The molecule has 0 saturated carbocycles. The summed E-state index contributed by atoms with van der Waals surface area (Å²) in [5.41, 5.74) is 5.73. The minimum atomic E-state index is -0.431. The van der Waals surface area contributed by atoms with Gasteiger partial charge in [0.25, 0.3) is 0 Å². The molecule has 1 aliphatic rings. The van der Waals surface area contributed by atoms with E-state index in [9.17, 15) is 4.79 Å². The van der Waals surface area contributed by atoms with Gasteiger partial charge in [-0.1, -0.05) is 0 Å². The number of ether oxygens (including phenoxy) is 1. The van der Waals surface area contributed by atoms with Crippen molar-refractivity contribution in [2.75, 3.05) is 19.7 Å². The number of carbonyl (C=O) groups is 1. The van der Waals surface area contributed by atoms with Crippen LogP contribution in [0.2, 0.25) is 0 Å². The van der Waals surface area contributed by atoms with Gasteiger partial charge in [0.2, 0.25) is 0 Å². The lowest BCUT2D eigenvalue weighted by Crippen LogP contribution is -2.34. The average Bonchev–Trinajstić information content (AvgIpc) is 2.27. The molecule has 0 aromatic rings. The molecule has 0 spiro atoms. The second kappa shape index (κ2) is 6.80. The largest absolute Gasteiger partial charge is 0.465 e. The lowest BCUT2D eigenvalue weighted by molar-refractivity contribution is -0.144. The summed E-state index contributed by atoms with van der Waals surface area (Å²) >= 11 is 0. The fourth-order valence-electron chi connectivity index (χ4n) is 1.95. The summed E-state index contributed by atoms with van der Waals surface area (Å²) in [4.78, 5) is 11.3. The standard InChI is InChI=1S/C11H22N2O2/c1-2-15-11(14)10(12)4-3-9-5-7-13-8-6-9/h9-10,13H,2-8,12H2,1H3. The van der Waals surface area contributed by atoms with Gasteiger partial charge in [0.05, 0.1) is 6.61 Å². The molecule has 1 unspecified atom stereocenters. The summed E-state index contributed by atoms with van der Waals surface area (Å²) < 4.78 is 4.87. The summed E-state index contributed by atoms with van der Waals surface area (Å²) in [6.07, 6.45) is 4.20. The molecule has 1 fully saturated rings. The van der Waals surface area contributed by atoms with Gasteiger partial charge in [0.1, 0.15) is 6.04 Å². The van der Waals surface area contributed by atoms with E-state index in [4.69, 9.17) is 10.5 Å². The number of piperidine rings is 1. The molecule has 1 atom stereocenters. The predicted octanol–water partition coefficient (Wildman–Crippen LogP) is 0.657. The maximum Gasteiger partial charge on any atom is 0.322 e. The van der Waals surface area contributed by atoms with E-state index in [1.807, 2.05) is 0 Å². The molecule has 88 valence electrons. The Bertz CT molecular complexity index is 191. The predicted molar refractivity (Wildman–Crippen MR) is 59.4 cm³/mol. The number of nitrogens with two attached hydrogens (primary N) is 1. The van der Waals surface area contributed by atoms with E-state index in [0.717, 1.165) is 31.8 Å². The highest BCUT2D eigenvalue weighted by Gasteiger charge is 2.18. The number of hydrogen-bond donors (Lipinski definition) is 2. The van der Waals surface area contributed by atoms with Crippen LogP contribution in [0.4, 0.5) is 0 Å². The Morgan fingerprint density at radius 3 is 2.80 bits per heavy atom. The highest BCUT2D eigenvalue weighted by Crippen LogP contribution is 2.18. The van der Waals surface area contributed by atoms with Crippen molar-refractivity contribution in [3.63, 3.8) is 0 Å². The van der Waals surface area contributed by atoms with E-state index in [0.29, 0.717) is 6.61 Å². The molecule has 3 N–H and O–H groups in total. The van der Waals surface area contributed by atoms with Crippen LogP contribution >= 0.6 is 0 Å². The van der Waals surface area contributed by atoms with Crippen molar-refractivity contribution in [3.8, 4) is 0 Å². The highest BCUT2D eigenvalue weighted by atomic mass is 16.5. The zero-order valence-corrected chi connectivity index (χ0v) is 9.50. The van der Waals surface area contributed by atoms with E-state index >= 15 is 0 Å². The topological polar surface area (TPSA) is 64.3 Å². The van der Waals surface area contributed by atoms with Crippen LogP contribution in [0.3, 0.4) is 0 Å². The summed E-state index contributed by atoms with van der Waals surface area (Å²) in [7, 11) is 0. The summed E-state index contributed by atoms with van der Waals surface area (Å²) in [5, 5.41) is 3.32. The van der Waals surface area contributed by atoms with Crippen LogP contribution < -0.4 is 11.1 Å². The van der Waals surface area contributed by atoms with Crippen molar-refractivity contribution in [1.29, 1.82) is 0 Å². The monoisotopic (exact) mass is 214 g/mol. The van der Waals surface area contributed by atoms with Crippen LogP contribution in [0, 0.1) is 5.92 Å². The molecule has 1 rings (SSSR count). The van der Waals surface area contributed by atoms with Crippen molar-refractivity contribution < 1.29 is 9.53 Å². The van der Waals surface area contributed by atoms with Gasteiger partial charge in [-0.05, 0) is 51.6 Å². The Morgan fingerprint density at radius 2 is 2.20 bits per heavy atom. The maximum absolute atomic E-state index is 11.3. The molecular formula is C11H22N2O2. The lowest BCUT2D eigenvalue weighted by Gasteiger charge is -2.23. The summed E-state index contributed by atoms with van der Waals surface area (Å²) in [5.74, 6) is 0.471. The highest BCUT2D eigenvalue weighted by molar-refractivity contribution is 5.75. The van der Waals surface area contributed by atoms with Crippen LogP contribution in [-0.4, -0.2) is 31.7 Å². The molecule has 0 aliphatic carbocycles. The molecular weight excluding hydrogens is 192 g/mol. The van der Waals surface area contributed by atoms with Gasteiger partial charge in [-0.2, -0.15) is 0 Å². The van der Waals surface area contributed by atoms with Gasteiger partial charge in [-0.15, -0.1) is 0 Å². The van der Waals surface area contributed by atoms with E-state index in [1.54, 1.807) is 6.92 Å². The summed E-state index contributed by atoms with van der Waals surface area (Å²) in [6.45, 7) is 4.41. The van der Waals surface area contributed by atoms with Gasteiger partial charge in [-0.3, -0.25) is 4.79 Å². The van der Waals surface area contributed by atoms with Gasteiger partial charge in [0, 0.05) is 0 Å². The molecule has 1 aliphatic heterocycles. The fourth-order valence-corrected chi connectivity index (χ4v) is 1.95. The smallest absolute Gasteiger partial charge is 0.322 e. The second-order valence-electron chi connectivity index (χ2n) is 4.13. The quantitative estimate of drug-likeness (QED) is 0.660. The van der Waals surface area contributed by atoms with Gasteiger partial charge >= 0.3 is 5.97 Å². The third-order valence-corrected chi connectivity index (χ3v) is 2.93. The zero-order valence-electron chi connectivity index (χ0n) is 9.50. The molecule has 0 aromatic heterocycles. The number of nitrogens with one attached hydrogen (secondary N) is 1. The minimum Gasteiger partial charge on any atom is -0.465 e. The number of hydrogen-bond acceptors (Lipinski definition) is 4. The van der Waals surface area contributed by atoms with E-state index in [-0.39, 0.29) is 5.97 Å². The first-order valence-electron chi connectivity index (χ1n) is 5.87. The maximum atomic E-state index is 11.3. The molecule has 0 amide bonds. The van der Waals surface area contributed by atoms with Crippen molar-refractivity contribution in [2.45, 2.75) is 38.6 Å². The van der Waals surface area contributed by atoms with Crippen molar-refractivity contribution >= 4 is 5.97 Å². The number of esters is 1. The molecule has 4 nitrogen and oxygen atoms in total. The average molecular weight is 214 g/mol. The first-order valence-corrected chi connectivity index (χ1v) is 5.87. The molecule has 15 heavy (non-hydrogen) atoms. The van der Waals surface area contributed by atoms with Crippen LogP contribution in [-0.2, 0) is 9.53 Å². The Balaban J connectivity index is 2.14. The Morgan fingerprint density at radius 1 is 1.53 bits per heavy atom. The first kappa shape index (κ1) is 12.5. The third kappa shape index (κ3) is 4.62. The van der Waals surface area contributed by atoms with Crippen molar-refractivity contribution in [2.24, 2.45) is 11.7 Å². The van der Waals surface area contributed by atoms with E-state index in [1.165, 1.54) is 12.8 Å². The zero-order chi connectivity index (χ0) is 11.1. The molecule has 0 aromatic carbocycles. The Kier molecular flexibility index (Phi) is 5.65.